The number of nitrogens with zero attached hydrogens (tertiary/aromatic N) is 2. The second-order valence-electron chi connectivity index (χ2n) is 9.58. The van der Waals surface area contributed by atoms with Crippen LogP contribution in [-0.4, -0.2) is 51.5 Å². The van der Waals surface area contributed by atoms with Crippen molar-refractivity contribution in [2.45, 2.75) is 63.5 Å². The average molecular weight is 472 g/mol. The Bertz CT molecular complexity index is 991. The van der Waals surface area contributed by atoms with Crippen molar-refractivity contribution in [1.82, 2.24) is 9.71 Å². The summed E-state index contributed by atoms with van der Waals surface area (Å²) in [6.45, 7) is 4.24. The molecule has 0 bridgehead atoms. The van der Waals surface area contributed by atoms with Crippen molar-refractivity contribution in [2.24, 2.45) is 5.92 Å². The fraction of sp³-hybridized carbons (Fsp3) is 0.577. The zero-order valence-corrected chi connectivity index (χ0v) is 20.6. The van der Waals surface area contributed by atoms with Gasteiger partial charge in [0.05, 0.1) is 19.0 Å². The molecule has 1 aliphatic carbocycles. The summed E-state index contributed by atoms with van der Waals surface area (Å²) in [6, 6.07) is 14.9. The number of aromatic nitrogens is 1. The van der Waals surface area contributed by atoms with Gasteiger partial charge in [-0.3, -0.25) is 0 Å². The minimum Gasteiger partial charge on any atom is -0.378 e. The average Bonchev–Trinajstić information content (AvgIpc) is 2.83. The highest BCUT2D eigenvalue weighted by atomic mass is 32.2. The Morgan fingerprint density at radius 2 is 1.85 bits per heavy atom. The Balaban J connectivity index is 1.37. The van der Waals surface area contributed by atoms with E-state index in [0.717, 1.165) is 57.4 Å². The third-order valence-electron chi connectivity index (χ3n) is 7.13. The summed E-state index contributed by atoms with van der Waals surface area (Å²) in [7, 11) is -3.27. The largest absolute Gasteiger partial charge is 0.378 e. The van der Waals surface area contributed by atoms with Crippen LogP contribution in [0.15, 0.2) is 48.7 Å². The van der Waals surface area contributed by atoms with Crippen LogP contribution in [0.3, 0.4) is 0 Å². The molecule has 4 rings (SSSR count). The van der Waals surface area contributed by atoms with Gasteiger partial charge in [0.25, 0.3) is 0 Å². The normalized spacial score (nSPS) is 26.3. The molecule has 33 heavy (non-hydrogen) atoms. The van der Waals surface area contributed by atoms with E-state index >= 15 is 0 Å². The second-order valence-corrected chi connectivity index (χ2v) is 11.4. The van der Waals surface area contributed by atoms with Gasteiger partial charge in [0.1, 0.15) is 5.82 Å². The molecule has 180 valence electrons. The number of pyridine rings is 1. The Morgan fingerprint density at radius 1 is 1.09 bits per heavy atom. The number of nitrogens with one attached hydrogen (secondary N) is 1. The molecule has 2 aliphatic rings. The highest BCUT2D eigenvalue weighted by Crippen LogP contribution is 2.34. The van der Waals surface area contributed by atoms with E-state index in [4.69, 9.17) is 4.74 Å². The first-order chi connectivity index (χ1) is 15.9. The quantitative estimate of drug-likeness (QED) is 0.627. The van der Waals surface area contributed by atoms with Gasteiger partial charge in [0.2, 0.25) is 10.0 Å². The number of sulfonamides is 1. The molecule has 6 nitrogen and oxygen atoms in total. The molecule has 2 aromatic rings. The van der Waals surface area contributed by atoms with Crippen molar-refractivity contribution in [3.05, 3.63) is 59.8 Å². The molecule has 2 heterocycles. The molecule has 1 saturated heterocycles. The van der Waals surface area contributed by atoms with Gasteiger partial charge >= 0.3 is 0 Å². The lowest BCUT2D eigenvalue weighted by atomic mass is 9.82. The van der Waals surface area contributed by atoms with E-state index in [1.807, 2.05) is 12.3 Å². The minimum absolute atomic E-state index is 0.0902. The van der Waals surface area contributed by atoms with Gasteiger partial charge in [-0.25, -0.2) is 18.1 Å². The monoisotopic (exact) mass is 471 g/mol. The molecule has 1 aromatic carbocycles. The topological polar surface area (TPSA) is 71.5 Å². The molecule has 1 saturated carbocycles. The smallest absolute Gasteiger partial charge is 0.208 e. The molecule has 2 atom stereocenters. The number of piperidine rings is 1. The molecular weight excluding hydrogens is 434 g/mol. The highest BCUT2D eigenvalue weighted by molar-refractivity contribution is 7.88. The number of rotatable bonds is 8. The van der Waals surface area contributed by atoms with Gasteiger partial charge in [-0.05, 0) is 67.7 Å². The Hall–Kier alpha value is -1.96. The predicted octanol–water partition coefficient (Wildman–Crippen LogP) is 4.13. The SMILES string of the molecule is CCc1ccnc(N2CC[C@H](NS(C)(=O)=O)C(COC3CCC(c4ccccc4)CC3)C2)c1. The van der Waals surface area contributed by atoms with Crippen molar-refractivity contribution in [3.8, 4) is 0 Å². The van der Waals surface area contributed by atoms with Crippen LogP contribution in [0.4, 0.5) is 5.82 Å². The summed E-state index contributed by atoms with van der Waals surface area (Å²) < 4.78 is 33.2. The van der Waals surface area contributed by atoms with E-state index in [1.165, 1.54) is 17.4 Å². The van der Waals surface area contributed by atoms with E-state index < -0.39 is 10.0 Å². The second kappa shape index (κ2) is 11.0. The summed E-state index contributed by atoms with van der Waals surface area (Å²) in [6.07, 6.45) is 9.48. The third-order valence-corrected chi connectivity index (χ3v) is 7.86. The molecule has 1 aliphatic heterocycles. The molecule has 0 amide bonds. The fourth-order valence-corrected chi connectivity index (χ4v) is 6.10. The lowest BCUT2D eigenvalue weighted by Gasteiger charge is -2.40. The van der Waals surface area contributed by atoms with Gasteiger partial charge < -0.3 is 9.64 Å². The van der Waals surface area contributed by atoms with Crippen LogP contribution in [0.1, 0.15) is 56.1 Å². The number of anilines is 1. The number of benzene rings is 1. The summed E-state index contributed by atoms with van der Waals surface area (Å²) in [5, 5.41) is 0. The number of ether oxygens (including phenoxy) is 1. The van der Waals surface area contributed by atoms with E-state index in [-0.39, 0.29) is 18.1 Å². The number of aryl methyl sites for hydroxylation is 1. The van der Waals surface area contributed by atoms with Gasteiger partial charge in [0.15, 0.2) is 0 Å². The van der Waals surface area contributed by atoms with Crippen LogP contribution in [0.5, 0.6) is 0 Å². The van der Waals surface area contributed by atoms with E-state index in [0.29, 0.717) is 12.5 Å². The molecule has 0 radical (unpaired) electrons. The lowest BCUT2D eigenvalue weighted by Crippen LogP contribution is -2.52. The van der Waals surface area contributed by atoms with E-state index in [1.54, 1.807) is 0 Å². The van der Waals surface area contributed by atoms with Gasteiger partial charge in [-0.2, -0.15) is 0 Å². The zero-order chi connectivity index (χ0) is 23.3. The van der Waals surface area contributed by atoms with Crippen molar-refractivity contribution < 1.29 is 13.2 Å². The lowest BCUT2D eigenvalue weighted by molar-refractivity contribution is -0.00213. The predicted molar refractivity (Wildman–Crippen MR) is 133 cm³/mol. The Labute approximate surface area is 198 Å². The molecule has 0 spiro atoms. The fourth-order valence-electron chi connectivity index (χ4n) is 5.24. The van der Waals surface area contributed by atoms with Crippen molar-refractivity contribution in [3.63, 3.8) is 0 Å². The van der Waals surface area contributed by atoms with Gasteiger partial charge in [0, 0.05) is 31.2 Å². The van der Waals surface area contributed by atoms with Crippen molar-refractivity contribution >= 4 is 15.8 Å². The number of hydrogen-bond donors (Lipinski definition) is 1. The highest BCUT2D eigenvalue weighted by Gasteiger charge is 2.33. The first-order valence-electron chi connectivity index (χ1n) is 12.2. The maximum absolute atomic E-state index is 12.0. The van der Waals surface area contributed by atoms with E-state index in [9.17, 15) is 8.42 Å². The van der Waals surface area contributed by atoms with Crippen LogP contribution in [0, 0.1) is 5.92 Å². The Kier molecular flexibility index (Phi) is 8.04. The van der Waals surface area contributed by atoms with Gasteiger partial charge in [-0.1, -0.05) is 37.3 Å². The minimum atomic E-state index is -3.27. The summed E-state index contributed by atoms with van der Waals surface area (Å²) >= 11 is 0. The van der Waals surface area contributed by atoms with Crippen molar-refractivity contribution in [2.75, 3.05) is 30.9 Å². The first kappa shape index (κ1) is 24.2. The number of hydrogen-bond acceptors (Lipinski definition) is 5. The molecule has 7 heteroatoms. The van der Waals surface area contributed by atoms with Crippen molar-refractivity contribution in [1.29, 1.82) is 0 Å². The summed E-state index contributed by atoms with van der Waals surface area (Å²) in [4.78, 5) is 6.86. The maximum atomic E-state index is 12.0. The van der Waals surface area contributed by atoms with Crippen LogP contribution in [0.2, 0.25) is 0 Å². The van der Waals surface area contributed by atoms with Gasteiger partial charge in [-0.15, -0.1) is 0 Å². The Morgan fingerprint density at radius 3 is 2.55 bits per heavy atom. The van der Waals surface area contributed by atoms with E-state index in [2.05, 4.69) is 57.9 Å². The van der Waals surface area contributed by atoms with Crippen LogP contribution in [-0.2, 0) is 21.2 Å². The molecular formula is C26H37N3O3S. The van der Waals surface area contributed by atoms with Crippen LogP contribution in [0.25, 0.3) is 0 Å². The van der Waals surface area contributed by atoms with Crippen LogP contribution >= 0.6 is 0 Å². The molecule has 2 fully saturated rings. The first-order valence-corrected chi connectivity index (χ1v) is 14.1. The summed E-state index contributed by atoms with van der Waals surface area (Å²) in [5.74, 6) is 1.68. The zero-order valence-electron chi connectivity index (χ0n) is 19.8. The molecule has 1 N–H and O–H groups in total. The third kappa shape index (κ3) is 6.78. The molecule has 1 unspecified atom stereocenters. The summed E-state index contributed by atoms with van der Waals surface area (Å²) in [5.41, 5.74) is 2.69. The standard InChI is InChI=1S/C26H37N3O3S/c1-3-20-13-15-27-26(17-20)29-16-14-25(28-33(2,30)31)23(18-29)19-32-24-11-9-22(10-12-24)21-7-5-4-6-8-21/h4-8,13,15,17,22-25,28H,3,9-12,14,16,18-19H2,1-2H3/t22?,23?,24?,25-/m0/s1. The molecule has 1 aromatic heterocycles. The van der Waals surface area contributed by atoms with Crippen LogP contribution < -0.4 is 9.62 Å². The maximum Gasteiger partial charge on any atom is 0.208 e.